The van der Waals surface area contributed by atoms with Gasteiger partial charge in [-0.15, -0.1) is 0 Å². The van der Waals surface area contributed by atoms with Crippen molar-refractivity contribution in [1.29, 1.82) is 0 Å². The number of carbonyl (C=O) groups excluding carboxylic acids is 1. The van der Waals surface area contributed by atoms with Gasteiger partial charge >= 0.3 is 0 Å². The molecule has 1 aliphatic heterocycles. The van der Waals surface area contributed by atoms with Crippen LogP contribution in [-0.2, 0) is 4.79 Å². The van der Waals surface area contributed by atoms with Crippen molar-refractivity contribution in [2.75, 3.05) is 20.8 Å². The minimum absolute atomic E-state index is 0.111. The molecule has 0 unspecified atom stereocenters. The minimum atomic E-state index is -0.111. The van der Waals surface area contributed by atoms with Crippen molar-refractivity contribution >= 4 is 46.2 Å². The van der Waals surface area contributed by atoms with Gasteiger partial charge in [0.2, 0.25) is 0 Å². The second kappa shape index (κ2) is 8.99. The topological polar surface area (TPSA) is 51.1 Å². The maximum absolute atomic E-state index is 12.6. The first kappa shape index (κ1) is 20.0. The van der Waals surface area contributed by atoms with Crippen LogP contribution in [0.4, 0.5) is 5.69 Å². The molecule has 1 heterocycles. The van der Waals surface area contributed by atoms with Crippen LogP contribution in [0.2, 0.25) is 5.02 Å². The Kier molecular flexibility index (Phi) is 6.44. The summed E-state index contributed by atoms with van der Waals surface area (Å²) in [6.45, 7) is 3.99. The molecule has 5 nitrogen and oxygen atoms in total. The maximum Gasteiger partial charge on any atom is 0.266 e. The Morgan fingerprint density at radius 1 is 1.25 bits per heavy atom. The smallest absolute Gasteiger partial charge is 0.266 e. The van der Waals surface area contributed by atoms with Gasteiger partial charge in [-0.1, -0.05) is 30.3 Å². The molecule has 0 N–H and O–H groups in total. The summed E-state index contributed by atoms with van der Waals surface area (Å²) in [5.74, 6) is 1.22. The maximum atomic E-state index is 12.6. The van der Waals surface area contributed by atoms with E-state index in [-0.39, 0.29) is 5.91 Å². The average molecular weight is 415 g/mol. The molecule has 2 aromatic rings. The number of hydrogen-bond acceptors (Lipinski definition) is 5. The zero-order chi connectivity index (χ0) is 20.1. The summed E-state index contributed by atoms with van der Waals surface area (Å²) in [4.78, 5) is 19.2. The van der Waals surface area contributed by atoms with Gasteiger partial charge in [0.15, 0.2) is 5.17 Å². The van der Waals surface area contributed by atoms with Crippen molar-refractivity contribution in [3.05, 3.63) is 70.6 Å². The number of amidine groups is 1. The number of aliphatic imine (C=N–C) groups is 1. The fourth-order valence-corrected chi connectivity index (χ4v) is 3.67. The van der Waals surface area contributed by atoms with E-state index in [1.165, 1.54) is 16.7 Å². The summed E-state index contributed by atoms with van der Waals surface area (Å²) in [6.07, 6.45) is 3.45. The van der Waals surface area contributed by atoms with E-state index in [1.54, 1.807) is 38.4 Å². The van der Waals surface area contributed by atoms with Crippen molar-refractivity contribution in [3.8, 4) is 11.5 Å². The SMILES string of the molecule is C=CCOc1ccc(C=C2SC(=Nc3ccc(OC)cc3)N(C)C2=O)cc1Cl. The molecule has 0 bridgehead atoms. The van der Waals surface area contributed by atoms with Gasteiger partial charge in [-0.2, -0.15) is 0 Å². The van der Waals surface area contributed by atoms with E-state index in [2.05, 4.69) is 11.6 Å². The molecule has 0 saturated carbocycles. The van der Waals surface area contributed by atoms with Crippen LogP contribution in [-0.4, -0.2) is 36.7 Å². The van der Waals surface area contributed by atoms with Gasteiger partial charge in [0.25, 0.3) is 5.91 Å². The predicted octanol–water partition coefficient (Wildman–Crippen LogP) is 5.15. The molecule has 0 radical (unpaired) electrons. The fraction of sp³-hybridized carbons (Fsp3) is 0.143. The first-order chi connectivity index (χ1) is 13.5. The van der Waals surface area contributed by atoms with E-state index in [9.17, 15) is 4.79 Å². The van der Waals surface area contributed by atoms with Gasteiger partial charge in [0, 0.05) is 7.05 Å². The molecule has 7 heteroatoms. The molecule has 1 saturated heterocycles. The molecular formula is C21H19ClN2O3S. The third-order valence-electron chi connectivity index (χ3n) is 3.91. The van der Waals surface area contributed by atoms with Crippen LogP contribution in [0.25, 0.3) is 6.08 Å². The summed E-state index contributed by atoms with van der Waals surface area (Å²) in [6, 6.07) is 12.7. The number of halogens is 1. The summed E-state index contributed by atoms with van der Waals surface area (Å²) in [7, 11) is 3.32. The van der Waals surface area contributed by atoms with E-state index < -0.39 is 0 Å². The lowest BCUT2D eigenvalue weighted by atomic mass is 10.2. The molecule has 2 aromatic carbocycles. The molecule has 3 rings (SSSR count). The Bertz CT molecular complexity index is 955. The molecule has 1 aliphatic rings. The Morgan fingerprint density at radius 2 is 2.00 bits per heavy atom. The summed E-state index contributed by atoms with van der Waals surface area (Å²) >= 11 is 7.57. The molecule has 0 aromatic heterocycles. The van der Waals surface area contributed by atoms with Crippen molar-refractivity contribution in [2.45, 2.75) is 0 Å². The number of hydrogen-bond donors (Lipinski definition) is 0. The Balaban J connectivity index is 1.81. The van der Waals surface area contributed by atoms with Crippen LogP contribution in [0.1, 0.15) is 5.56 Å². The summed E-state index contributed by atoms with van der Waals surface area (Å²) in [5.41, 5.74) is 1.56. The number of carbonyl (C=O) groups is 1. The molecule has 0 atom stereocenters. The van der Waals surface area contributed by atoms with Gasteiger partial charge in [0.1, 0.15) is 18.1 Å². The average Bonchev–Trinajstić information content (AvgIpc) is 2.96. The molecule has 144 valence electrons. The number of rotatable bonds is 6. The second-order valence-electron chi connectivity index (χ2n) is 5.86. The standard InChI is InChI=1S/C21H19ClN2O3S/c1-4-11-27-18-10-5-14(12-17(18)22)13-19-20(25)24(2)21(28-19)23-15-6-8-16(26-3)9-7-15/h4-10,12-13H,1,11H2,2-3H3. The Morgan fingerprint density at radius 3 is 2.64 bits per heavy atom. The molecule has 0 spiro atoms. The van der Waals surface area contributed by atoms with E-state index >= 15 is 0 Å². The van der Waals surface area contributed by atoms with Crippen LogP contribution in [0.3, 0.4) is 0 Å². The van der Waals surface area contributed by atoms with Gasteiger partial charge in [0.05, 0.1) is 22.7 Å². The van der Waals surface area contributed by atoms with Crippen molar-refractivity contribution < 1.29 is 14.3 Å². The lowest BCUT2D eigenvalue weighted by molar-refractivity contribution is -0.121. The van der Waals surface area contributed by atoms with E-state index in [0.29, 0.717) is 27.5 Å². The number of amides is 1. The normalized spacial score (nSPS) is 16.7. The lowest BCUT2D eigenvalue weighted by Crippen LogP contribution is -2.23. The number of ether oxygens (including phenoxy) is 2. The third kappa shape index (κ3) is 4.58. The highest BCUT2D eigenvalue weighted by molar-refractivity contribution is 8.18. The highest BCUT2D eigenvalue weighted by Crippen LogP contribution is 2.34. The number of methoxy groups -OCH3 is 1. The van der Waals surface area contributed by atoms with Gasteiger partial charge in [-0.25, -0.2) is 4.99 Å². The Labute approximate surface area is 173 Å². The molecule has 28 heavy (non-hydrogen) atoms. The monoisotopic (exact) mass is 414 g/mol. The molecule has 1 amide bonds. The van der Waals surface area contributed by atoms with Crippen LogP contribution < -0.4 is 9.47 Å². The summed E-state index contributed by atoms with van der Waals surface area (Å²) in [5, 5.41) is 1.09. The highest BCUT2D eigenvalue weighted by Gasteiger charge is 2.30. The van der Waals surface area contributed by atoms with Crippen molar-refractivity contribution in [2.24, 2.45) is 4.99 Å². The van der Waals surface area contributed by atoms with Crippen molar-refractivity contribution in [1.82, 2.24) is 4.90 Å². The van der Waals surface area contributed by atoms with Crippen LogP contribution in [0.5, 0.6) is 11.5 Å². The number of nitrogens with zero attached hydrogens (tertiary/aromatic N) is 2. The van der Waals surface area contributed by atoms with Crippen LogP contribution in [0, 0.1) is 0 Å². The fourth-order valence-electron chi connectivity index (χ4n) is 2.44. The van der Waals surface area contributed by atoms with Crippen LogP contribution in [0.15, 0.2) is 65.0 Å². The van der Waals surface area contributed by atoms with E-state index in [0.717, 1.165) is 17.0 Å². The third-order valence-corrected chi connectivity index (χ3v) is 5.27. The first-order valence-corrected chi connectivity index (χ1v) is 9.65. The molecular weight excluding hydrogens is 396 g/mol. The van der Waals surface area contributed by atoms with Gasteiger partial charge in [-0.3, -0.25) is 9.69 Å². The highest BCUT2D eigenvalue weighted by atomic mass is 35.5. The minimum Gasteiger partial charge on any atom is -0.497 e. The number of thioether (sulfide) groups is 1. The summed E-state index contributed by atoms with van der Waals surface area (Å²) < 4.78 is 10.6. The van der Waals surface area contributed by atoms with Crippen molar-refractivity contribution in [3.63, 3.8) is 0 Å². The zero-order valence-electron chi connectivity index (χ0n) is 15.5. The largest absolute Gasteiger partial charge is 0.497 e. The predicted molar refractivity (Wildman–Crippen MR) is 116 cm³/mol. The van der Waals surface area contributed by atoms with Gasteiger partial charge in [-0.05, 0) is 59.8 Å². The van der Waals surface area contributed by atoms with Gasteiger partial charge < -0.3 is 9.47 Å². The molecule has 1 fully saturated rings. The second-order valence-corrected chi connectivity index (χ2v) is 7.27. The first-order valence-electron chi connectivity index (χ1n) is 8.45. The zero-order valence-corrected chi connectivity index (χ0v) is 17.1. The quantitative estimate of drug-likeness (QED) is 0.484. The lowest BCUT2D eigenvalue weighted by Gasteiger charge is -2.07. The van der Waals surface area contributed by atoms with E-state index in [1.807, 2.05) is 30.3 Å². The van der Waals surface area contributed by atoms with E-state index in [4.69, 9.17) is 21.1 Å². The number of likely N-dealkylation sites (N-methyl/N-ethyl adjacent to an activating group) is 1. The molecule has 0 aliphatic carbocycles. The number of benzene rings is 2. The van der Waals surface area contributed by atoms with Crippen LogP contribution >= 0.6 is 23.4 Å². The Hall–Kier alpha value is -2.70.